The summed E-state index contributed by atoms with van der Waals surface area (Å²) in [6.07, 6.45) is 10.8. The van der Waals surface area contributed by atoms with Crippen molar-refractivity contribution in [2.45, 2.75) is 69.9 Å². The predicted octanol–water partition coefficient (Wildman–Crippen LogP) is 2.64. The third kappa shape index (κ3) is 3.05. The number of esters is 1. The van der Waals surface area contributed by atoms with E-state index in [9.17, 15) is 4.79 Å². The number of carbonyl (C=O) groups excluding carboxylic acids is 1. The minimum absolute atomic E-state index is 0.0422. The monoisotopic (exact) mass is 251 g/mol. The Hall–Kier alpha value is -0.570. The smallest absolute Gasteiger partial charge is 0.306 e. The van der Waals surface area contributed by atoms with Crippen LogP contribution in [0.25, 0.3) is 0 Å². The maximum atomic E-state index is 11.8. The van der Waals surface area contributed by atoms with Crippen LogP contribution in [0.2, 0.25) is 0 Å². The molecule has 3 aliphatic rings. The number of fused-ring (bicyclic) bond motifs is 2. The first-order valence-electron chi connectivity index (χ1n) is 7.71. The lowest BCUT2D eigenvalue weighted by atomic mass is 9.83. The first-order chi connectivity index (χ1) is 8.79. The summed E-state index contributed by atoms with van der Waals surface area (Å²) in [4.78, 5) is 11.8. The lowest BCUT2D eigenvalue weighted by molar-refractivity contribution is -0.145. The average Bonchev–Trinajstić information content (AvgIpc) is 2.62. The molecule has 0 aromatic rings. The molecule has 2 heterocycles. The summed E-state index contributed by atoms with van der Waals surface area (Å²) in [7, 11) is 0. The highest BCUT2D eigenvalue weighted by Gasteiger charge is 2.34. The van der Waals surface area contributed by atoms with Crippen LogP contribution in [0.3, 0.4) is 0 Å². The van der Waals surface area contributed by atoms with Crippen LogP contribution in [-0.4, -0.2) is 24.7 Å². The van der Waals surface area contributed by atoms with Crippen LogP contribution in [0.15, 0.2) is 0 Å². The summed E-state index contributed by atoms with van der Waals surface area (Å²) in [6.45, 7) is 0.654. The molecule has 102 valence electrons. The average molecular weight is 251 g/mol. The normalized spacial score (nSPS) is 35.2. The van der Waals surface area contributed by atoms with Crippen molar-refractivity contribution < 1.29 is 9.53 Å². The Labute approximate surface area is 110 Å². The van der Waals surface area contributed by atoms with E-state index in [2.05, 4.69) is 5.32 Å². The van der Waals surface area contributed by atoms with E-state index in [1.807, 2.05) is 0 Å². The Bertz CT molecular complexity index is 289. The van der Waals surface area contributed by atoms with Crippen molar-refractivity contribution in [3.8, 4) is 0 Å². The Balaban J connectivity index is 1.33. The largest absolute Gasteiger partial charge is 0.466 e. The zero-order chi connectivity index (χ0) is 12.4. The summed E-state index contributed by atoms with van der Waals surface area (Å²) in [5, 5.41) is 3.61. The fourth-order valence-corrected chi connectivity index (χ4v) is 3.76. The third-order valence-electron chi connectivity index (χ3n) is 5.04. The first kappa shape index (κ1) is 12.5. The molecule has 0 amide bonds. The Morgan fingerprint density at radius 2 is 1.78 bits per heavy atom. The van der Waals surface area contributed by atoms with Gasteiger partial charge in [-0.25, -0.2) is 0 Å². The maximum Gasteiger partial charge on any atom is 0.306 e. The van der Waals surface area contributed by atoms with Gasteiger partial charge in [0.15, 0.2) is 0 Å². The molecule has 2 atom stereocenters. The molecule has 3 fully saturated rings. The van der Waals surface area contributed by atoms with Gasteiger partial charge in [0.25, 0.3) is 0 Å². The van der Waals surface area contributed by atoms with Crippen molar-refractivity contribution in [1.29, 1.82) is 0 Å². The van der Waals surface area contributed by atoms with E-state index < -0.39 is 0 Å². The van der Waals surface area contributed by atoms with Crippen LogP contribution in [0.5, 0.6) is 0 Å². The van der Waals surface area contributed by atoms with Gasteiger partial charge in [-0.05, 0) is 43.9 Å². The van der Waals surface area contributed by atoms with Crippen LogP contribution in [0.4, 0.5) is 0 Å². The molecular weight excluding hydrogens is 226 g/mol. The third-order valence-corrected chi connectivity index (χ3v) is 5.04. The standard InChI is InChI=1S/C15H25NO2/c17-15(18-7-6-11-2-1-3-11)10-12-8-13-4-5-14(9-12)16-13/h11-14,16H,1-10H2. The van der Waals surface area contributed by atoms with Gasteiger partial charge < -0.3 is 10.1 Å². The molecule has 0 aromatic heterocycles. The zero-order valence-corrected chi connectivity index (χ0v) is 11.2. The van der Waals surface area contributed by atoms with Gasteiger partial charge in [0.05, 0.1) is 6.61 Å². The van der Waals surface area contributed by atoms with Crippen molar-refractivity contribution in [2.75, 3.05) is 6.61 Å². The molecule has 2 unspecified atom stereocenters. The minimum atomic E-state index is 0.0422. The van der Waals surface area contributed by atoms with Crippen molar-refractivity contribution in [1.82, 2.24) is 5.32 Å². The highest BCUT2D eigenvalue weighted by molar-refractivity contribution is 5.69. The quantitative estimate of drug-likeness (QED) is 0.763. The molecule has 0 radical (unpaired) electrons. The molecule has 3 rings (SSSR count). The van der Waals surface area contributed by atoms with Gasteiger partial charge >= 0.3 is 5.97 Å². The van der Waals surface area contributed by atoms with Gasteiger partial charge in [0.1, 0.15) is 0 Å². The lowest BCUT2D eigenvalue weighted by Gasteiger charge is -2.28. The fourth-order valence-electron chi connectivity index (χ4n) is 3.76. The molecule has 1 aliphatic carbocycles. The number of hydrogen-bond donors (Lipinski definition) is 1. The molecule has 2 saturated heterocycles. The van der Waals surface area contributed by atoms with E-state index in [-0.39, 0.29) is 5.97 Å². The Morgan fingerprint density at radius 3 is 2.39 bits per heavy atom. The van der Waals surface area contributed by atoms with E-state index in [0.29, 0.717) is 31.0 Å². The zero-order valence-electron chi connectivity index (χ0n) is 11.2. The Kier molecular flexibility index (Phi) is 3.88. The van der Waals surface area contributed by atoms with Gasteiger partial charge in [0.2, 0.25) is 0 Å². The molecule has 0 aromatic carbocycles. The molecular formula is C15H25NO2. The van der Waals surface area contributed by atoms with Crippen LogP contribution < -0.4 is 5.32 Å². The summed E-state index contributed by atoms with van der Waals surface area (Å²) in [5.74, 6) is 1.45. The Morgan fingerprint density at radius 1 is 1.06 bits per heavy atom. The lowest BCUT2D eigenvalue weighted by Crippen LogP contribution is -2.38. The number of rotatable bonds is 5. The van der Waals surface area contributed by atoms with E-state index in [1.54, 1.807) is 0 Å². The minimum Gasteiger partial charge on any atom is -0.466 e. The number of piperidine rings is 1. The number of nitrogens with one attached hydrogen (secondary N) is 1. The highest BCUT2D eigenvalue weighted by Crippen LogP contribution is 2.33. The van der Waals surface area contributed by atoms with Crippen molar-refractivity contribution in [2.24, 2.45) is 11.8 Å². The molecule has 3 nitrogen and oxygen atoms in total. The molecule has 18 heavy (non-hydrogen) atoms. The van der Waals surface area contributed by atoms with Crippen molar-refractivity contribution >= 4 is 5.97 Å². The van der Waals surface area contributed by atoms with Crippen LogP contribution in [0.1, 0.15) is 57.8 Å². The summed E-state index contributed by atoms with van der Waals surface area (Å²) < 4.78 is 5.38. The topological polar surface area (TPSA) is 38.3 Å². The summed E-state index contributed by atoms with van der Waals surface area (Å²) in [6, 6.07) is 1.35. The van der Waals surface area contributed by atoms with E-state index in [1.165, 1.54) is 44.9 Å². The van der Waals surface area contributed by atoms with Gasteiger partial charge in [-0.15, -0.1) is 0 Å². The van der Waals surface area contributed by atoms with Gasteiger partial charge in [-0.1, -0.05) is 19.3 Å². The van der Waals surface area contributed by atoms with Crippen molar-refractivity contribution in [3.05, 3.63) is 0 Å². The second kappa shape index (κ2) is 5.60. The first-order valence-corrected chi connectivity index (χ1v) is 7.71. The van der Waals surface area contributed by atoms with Crippen LogP contribution >= 0.6 is 0 Å². The van der Waals surface area contributed by atoms with E-state index in [4.69, 9.17) is 4.74 Å². The number of hydrogen-bond acceptors (Lipinski definition) is 3. The van der Waals surface area contributed by atoms with Crippen LogP contribution in [0, 0.1) is 11.8 Å². The molecule has 3 heteroatoms. The maximum absolute atomic E-state index is 11.8. The number of carbonyl (C=O) groups is 1. The second-order valence-corrected chi connectivity index (χ2v) is 6.49. The SMILES string of the molecule is O=C(CC1CC2CCC(C1)N2)OCCC1CCC1. The fraction of sp³-hybridized carbons (Fsp3) is 0.933. The molecule has 1 N–H and O–H groups in total. The molecule has 2 aliphatic heterocycles. The van der Waals surface area contributed by atoms with Gasteiger partial charge in [-0.2, -0.15) is 0 Å². The van der Waals surface area contributed by atoms with Crippen LogP contribution in [-0.2, 0) is 9.53 Å². The molecule has 1 saturated carbocycles. The summed E-state index contributed by atoms with van der Waals surface area (Å²) >= 11 is 0. The predicted molar refractivity (Wildman–Crippen MR) is 70.2 cm³/mol. The van der Waals surface area contributed by atoms with Crippen molar-refractivity contribution in [3.63, 3.8) is 0 Å². The van der Waals surface area contributed by atoms with Gasteiger partial charge in [-0.3, -0.25) is 4.79 Å². The second-order valence-electron chi connectivity index (χ2n) is 6.49. The molecule has 0 spiro atoms. The molecule has 2 bridgehead atoms. The highest BCUT2D eigenvalue weighted by atomic mass is 16.5. The summed E-state index contributed by atoms with van der Waals surface area (Å²) in [5.41, 5.74) is 0. The number of ether oxygens (including phenoxy) is 1. The van der Waals surface area contributed by atoms with Gasteiger partial charge in [0, 0.05) is 18.5 Å². The van der Waals surface area contributed by atoms with E-state index in [0.717, 1.165) is 12.3 Å². The van der Waals surface area contributed by atoms with E-state index >= 15 is 0 Å².